The van der Waals surface area contributed by atoms with Crippen molar-refractivity contribution in [1.29, 1.82) is 0 Å². The summed E-state index contributed by atoms with van der Waals surface area (Å²) in [5.74, 6) is -1.40. The van der Waals surface area contributed by atoms with Crippen molar-refractivity contribution in [2.24, 2.45) is 0 Å². The number of nitrogens with zero attached hydrogens (tertiary/aromatic N) is 3. The van der Waals surface area contributed by atoms with E-state index in [4.69, 9.17) is 11.6 Å². The number of halogens is 2. The van der Waals surface area contributed by atoms with Gasteiger partial charge in [-0.3, -0.25) is 4.79 Å². The molecule has 1 amide bonds. The molecule has 1 aromatic heterocycles. The summed E-state index contributed by atoms with van der Waals surface area (Å²) >= 11 is 5.62. The third-order valence-electron chi connectivity index (χ3n) is 3.60. The van der Waals surface area contributed by atoms with Gasteiger partial charge in [0.05, 0.1) is 11.4 Å². The molecule has 0 atom stereocenters. The van der Waals surface area contributed by atoms with Crippen LogP contribution in [0.3, 0.4) is 0 Å². The molecule has 0 spiro atoms. The fourth-order valence-electron chi connectivity index (χ4n) is 2.37. The first-order chi connectivity index (χ1) is 12.8. The molecule has 1 heterocycles. The largest absolute Gasteiger partial charge is 0.508 e. The van der Waals surface area contributed by atoms with Crippen LogP contribution in [0.25, 0.3) is 11.4 Å². The number of benzene rings is 2. The van der Waals surface area contributed by atoms with E-state index in [1.807, 2.05) is 0 Å². The quantitative estimate of drug-likeness (QED) is 0.494. The van der Waals surface area contributed by atoms with Crippen LogP contribution in [-0.4, -0.2) is 36.3 Å². The number of carbonyl (C=O) groups excluding carboxylic acids is 1. The van der Waals surface area contributed by atoms with Gasteiger partial charge >= 0.3 is 0 Å². The summed E-state index contributed by atoms with van der Waals surface area (Å²) in [7, 11) is 0. The lowest BCUT2D eigenvalue weighted by Gasteiger charge is -2.06. The lowest BCUT2D eigenvalue weighted by Crippen LogP contribution is -2.25. The molecule has 3 rings (SSSR count). The highest BCUT2D eigenvalue weighted by atomic mass is 35.5. The maximum Gasteiger partial charge on any atom is 0.228 e. The Morgan fingerprint density at radius 1 is 1.19 bits per heavy atom. The number of phenolic OH excluding ortho intramolecular Hbond substituents is 2. The van der Waals surface area contributed by atoms with Crippen LogP contribution >= 0.6 is 11.6 Å². The second-order valence-corrected chi connectivity index (χ2v) is 6.09. The molecule has 8 nitrogen and oxygen atoms in total. The molecular formula is C17H14ClFN4O4. The third kappa shape index (κ3) is 4.45. The van der Waals surface area contributed by atoms with Gasteiger partial charge in [-0.15, -0.1) is 5.10 Å². The molecule has 0 bridgehead atoms. The zero-order valence-electron chi connectivity index (χ0n) is 13.7. The summed E-state index contributed by atoms with van der Waals surface area (Å²) in [5, 5.41) is 34.9. The van der Waals surface area contributed by atoms with Crippen LogP contribution in [0.15, 0.2) is 36.4 Å². The molecule has 0 radical (unpaired) electrons. The molecule has 27 heavy (non-hydrogen) atoms. The predicted molar refractivity (Wildman–Crippen MR) is 92.9 cm³/mol. The minimum Gasteiger partial charge on any atom is -0.508 e. The van der Waals surface area contributed by atoms with Crippen molar-refractivity contribution in [3.05, 3.63) is 58.6 Å². The van der Waals surface area contributed by atoms with Gasteiger partial charge in [0.1, 0.15) is 17.3 Å². The van der Waals surface area contributed by atoms with Crippen LogP contribution in [0.4, 0.5) is 4.39 Å². The number of amides is 1. The smallest absolute Gasteiger partial charge is 0.228 e. The Morgan fingerprint density at radius 3 is 2.56 bits per heavy atom. The summed E-state index contributed by atoms with van der Waals surface area (Å²) in [4.78, 5) is 16.5. The van der Waals surface area contributed by atoms with E-state index in [1.54, 1.807) is 0 Å². The minimum atomic E-state index is -0.655. The van der Waals surface area contributed by atoms with E-state index in [-0.39, 0.29) is 41.1 Å². The number of nitrogens with one attached hydrogen (secondary N) is 1. The predicted octanol–water partition coefficient (Wildman–Crippen LogP) is 2.24. The van der Waals surface area contributed by atoms with Crippen molar-refractivity contribution in [3.63, 3.8) is 0 Å². The van der Waals surface area contributed by atoms with Gasteiger partial charge in [-0.05, 0) is 35.9 Å². The molecule has 0 aliphatic heterocycles. The van der Waals surface area contributed by atoms with Gasteiger partial charge in [-0.2, -0.15) is 0 Å². The highest BCUT2D eigenvalue weighted by Crippen LogP contribution is 2.22. The van der Waals surface area contributed by atoms with E-state index < -0.39 is 11.7 Å². The molecule has 0 fully saturated rings. The Morgan fingerprint density at radius 2 is 1.89 bits per heavy atom. The highest BCUT2D eigenvalue weighted by Gasteiger charge is 2.16. The molecule has 3 aromatic rings. The van der Waals surface area contributed by atoms with E-state index in [0.29, 0.717) is 16.0 Å². The molecule has 140 valence electrons. The second kappa shape index (κ2) is 7.50. The summed E-state index contributed by atoms with van der Waals surface area (Å²) in [6.07, 6.45) is -0.287. The van der Waals surface area contributed by atoms with E-state index in [1.165, 1.54) is 30.3 Å². The number of carbonyl (C=O) groups is 1. The Balaban J connectivity index is 1.67. The second-order valence-electron chi connectivity index (χ2n) is 5.68. The summed E-state index contributed by atoms with van der Waals surface area (Å²) in [6, 6.07) is 7.89. The Labute approximate surface area is 157 Å². The van der Waals surface area contributed by atoms with Crippen molar-refractivity contribution < 1.29 is 24.6 Å². The van der Waals surface area contributed by atoms with Gasteiger partial charge in [-0.1, -0.05) is 16.4 Å². The van der Waals surface area contributed by atoms with E-state index in [0.717, 1.165) is 6.07 Å². The van der Waals surface area contributed by atoms with Crippen LogP contribution in [0, 0.1) is 5.82 Å². The Kier molecular flexibility index (Phi) is 5.13. The summed E-state index contributed by atoms with van der Waals surface area (Å²) in [6.45, 7) is 0.0512. The highest BCUT2D eigenvalue weighted by molar-refractivity contribution is 6.30. The number of aromatic nitrogens is 3. The first-order valence-electron chi connectivity index (χ1n) is 7.71. The standard InChI is InChI=1S/C17H14ClFN4O4/c18-13-2-1-10(5-14(13)19)17-21-15(23(27)22-17)7-16(26)20-8-9-3-11(24)6-12(25)4-9/h1-6,24-25,27H,7-8H2,(H,20,26). The van der Waals surface area contributed by atoms with E-state index in [2.05, 4.69) is 15.4 Å². The topological polar surface area (TPSA) is 121 Å². The Bertz CT molecular complexity index is 988. The van der Waals surface area contributed by atoms with Crippen LogP contribution < -0.4 is 5.32 Å². The molecule has 0 saturated heterocycles. The van der Waals surface area contributed by atoms with E-state index >= 15 is 0 Å². The summed E-state index contributed by atoms with van der Waals surface area (Å²) < 4.78 is 13.5. The van der Waals surface area contributed by atoms with E-state index in [9.17, 15) is 24.6 Å². The van der Waals surface area contributed by atoms with Gasteiger partial charge in [0.2, 0.25) is 5.91 Å². The van der Waals surface area contributed by atoms with Gasteiger partial charge in [0, 0.05) is 18.2 Å². The van der Waals surface area contributed by atoms with Crippen LogP contribution in [0.1, 0.15) is 11.4 Å². The number of phenols is 2. The number of hydrogen-bond acceptors (Lipinski definition) is 6. The minimum absolute atomic E-state index is 0.0359. The number of hydrogen-bond donors (Lipinski definition) is 4. The molecular weight excluding hydrogens is 379 g/mol. The monoisotopic (exact) mass is 392 g/mol. The van der Waals surface area contributed by atoms with Crippen LogP contribution in [0.2, 0.25) is 5.02 Å². The molecule has 4 N–H and O–H groups in total. The average Bonchev–Trinajstić information content (AvgIpc) is 2.95. The lowest BCUT2D eigenvalue weighted by atomic mass is 10.2. The lowest BCUT2D eigenvalue weighted by molar-refractivity contribution is -0.120. The first kappa shape index (κ1) is 18.5. The maximum atomic E-state index is 13.5. The SMILES string of the molecule is O=C(Cc1nc(-c2ccc(Cl)c(F)c2)nn1O)NCc1cc(O)cc(O)c1. The maximum absolute atomic E-state index is 13.5. The van der Waals surface area contributed by atoms with Gasteiger partial charge < -0.3 is 20.7 Å². The molecule has 0 aliphatic carbocycles. The third-order valence-corrected chi connectivity index (χ3v) is 3.91. The average molecular weight is 393 g/mol. The summed E-state index contributed by atoms with van der Waals surface area (Å²) in [5.41, 5.74) is 0.783. The van der Waals surface area contributed by atoms with Crippen molar-refractivity contribution in [1.82, 2.24) is 20.2 Å². The normalized spacial score (nSPS) is 10.7. The van der Waals surface area contributed by atoms with Crippen molar-refractivity contribution in [2.45, 2.75) is 13.0 Å². The first-order valence-corrected chi connectivity index (χ1v) is 8.09. The van der Waals surface area contributed by atoms with Crippen LogP contribution in [0.5, 0.6) is 11.5 Å². The fourth-order valence-corrected chi connectivity index (χ4v) is 2.49. The van der Waals surface area contributed by atoms with Gasteiger partial charge in [0.25, 0.3) is 0 Å². The zero-order chi connectivity index (χ0) is 19.6. The fraction of sp³-hybridized carbons (Fsp3) is 0.118. The van der Waals surface area contributed by atoms with Crippen LogP contribution in [-0.2, 0) is 17.8 Å². The molecule has 0 aliphatic rings. The molecule has 10 heteroatoms. The zero-order valence-corrected chi connectivity index (χ0v) is 14.5. The number of rotatable bonds is 5. The van der Waals surface area contributed by atoms with Gasteiger partial charge in [0.15, 0.2) is 11.6 Å². The molecule has 0 unspecified atom stereocenters. The molecule has 0 saturated carbocycles. The van der Waals surface area contributed by atoms with Gasteiger partial charge in [-0.25, -0.2) is 9.37 Å². The number of aromatic hydroxyl groups is 2. The molecule has 2 aromatic carbocycles. The van der Waals surface area contributed by atoms with Crippen molar-refractivity contribution in [2.75, 3.05) is 0 Å². The van der Waals surface area contributed by atoms with Crippen molar-refractivity contribution >= 4 is 17.5 Å². The van der Waals surface area contributed by atoms with Crippen molar-refractivity contribution in [3.8, 4) is 22.9 Å². The Hall–Kier alpha value is -3.33.